The zero-order valence-electron chi connectivity index (χ0n) is 31.2. The number of hydrogen-bond donors (Lipinski definition) is 1. The number of aromatic nitrogens is 2. The van der Waals surface area contributed by atoms with Gasteiger partial charge in [0, 0.05) is 28.8 Å². The molecule has 2 saturated heterocycles. The first-order valence-electron chi connectivity index (χ1n) is 18.7. The zero-order valence-corrected chi connectivity index (χ0v) is 32.8. The van der Waals surface area contributed by atoms with Crippen molar-refractivity contribution in [3.63, 3.8) is 0 Å². The number of amides is 4. The Morgan fingerprint density at radius 1 is 1.00 bits per heavy atom. The molecular formula is C44H39ClN4O6S. The highest BCUT2D eigenvalue weighted by molar-refractivity contribution is 7.22. The number of aryl methyl sites for hydroxylation is 2. The Bertz CT molecular complexity index is 2560. The monoisotopic (exact) mass is 786 g/mol. The molecule has 4 amide bonds. The Morgan fingerprint density at radius 2 is 1.79 bits per heavy atom. The van der Waals surface area contributed by atoms with Crippen molar-refractivity contribution in [2.75, 3.05) is 12.0 Å². The van der Waals surface area contributed by atoms with E-state index in [1.54, 1.807) is 47.3 Å². The van der Waals surface area contributed by atoms with E-state index >= 15 is 4.79 Å². The van der Waals surface area contributed by atoms with Crippen LogP contribution in [0.3, 0.4) is 0 Å². The van der Waals surface area contributed by atoms with Crippen LogP contribution in [0.25, 0.3) is 26.7 Å². The Kier molecular flexibility index (Phi) is 8.59. The molecule has 3 aromatic carbocycles. The minimum absolute atomic E-state index is 0.00250. The third kappa shape index (κ3) is 5.38. The van der Waals surface area contributed by atoms with E-state index in [2.05, 4.69) is 0 Å². The summed E-state index contributed by atoms with van der Waals surface area (Å²) in [5, 5.41) is 16.7. The molecule has 1 saturated carbocycles. The summed E-state index contributed by atoms with van der Waals surface area (Å²) in [7, 11) is 3.21. The predicted octanol–water partition coefficient (Wildman–Crippen LogP) is 7.95. The molecule has 3 fully saturated rings. The lowest BCUT2D eigenvalue weighted by Crippen LogP contribution is -2.49. The SMILES string of the molecule is COc1cc(C=CC2C3=CCC4C(=O)N(Cc5ccccc5)C(=O)C4C3CC3C(=O)N(c4cc(-c5sc6ccc(Cl)cc6c5C)nn4C)C(=O)C23C)ccc1O. The molecule has 4 heterocycles. The van der Waals surface area contributed by atoms with Gasteiger partial charge in [0.2, 0.25) is 23.6 Å². The number of phenols is 1. The molecule has 5 aromatic rings. The second kappa shape index (κ2) is 13.3. The fourth-order valence-corrected chi connectivity index (χ4v) is 11.0. The second-order valence-corrected chi connectivity index (χ2v) is 16.9. The molecule has 10 nitrogen and oxygen atoms in total. The standard InChI is InChI=1S/C44H39ClN4O6S/c1-23-29-19-26(45)12-17-36(29)56-39(23)33-21-37(47(3)46-33)49-41(52)32-20-30-27(13-14-28-38(30)42(53)48(40(28)51)22-25-8-6-5-7-9-25)31(44(32,2)43(49)54)15-10-24-11-16-34(50)35(18-24)55-4/h5-13,15-19,21,28,30-32,38,50H,14,20,22H2,1-4H3. The number of imide groups is 2. The molecule has 0 spiro atoms. The first-order chi connectivity index (χ1) is 26.9. The summed E-state index contributed by atoms with van der Waals surface area (Å²) in [6.07, 6.45) is 6.46. The van der Waals surface area contributed by atoms with Gasteiger partial charge in [-0.3, -0.25) is 28.8 Å². The van der Waals surface area contributed by atoms with Crippen LogP contribution in [0, 0.1) is 41.9 Å². The van der Waals surface area contributed by atoms with Gasteiger partial charge in [-0.25, -0.2) is 4.90 Å². The summed E-state index contributed by atoms with van der Waals surface area (Å²) < 4.78 is 7.99. The highest BCUT2D eigenvalue weighted by atomic mass is 35.5. The van der Waals surface area contributed by atoms with Crippen LogP contribution in [0.4, 0.5) is 5.82 Å². The van der Waals surface area contributed by atoms with E-state index in [1.165, 1.54) is 16.9 Å². The van der Waals surface area contributed by atoms with Crippen LogP contribution < -0.4 is 9.64 Å². The van der Waals surface area contributed by atoms with Crippen molar-refractivity contribution >= 4 is 68.5 Å². The lowest BCUT2D eigenvalue weighted by Gasteiger charge is -2.47. The number of rotatable bonds is 7. The summed E-state index contributed by atoms with van der Waals surface area (Å²) >= 11 is 7.90. The number of ether oxygens (including phenoxy) is 1. The highest BCUT2D eigenvalue weighted by Crippen LogP contribution is 2.61. The summed E-state index contributed by atoms with van der Waals surface area (Å²) in [6, 6.07) is 22.0. The Labute approximate surface area is 332 Å². The number of hydrogen-bond acceptors (Lipinski definition) is 8. The lowest BCUT2D eigenvalue weighted by molar-refractivity contribution is -0.141. The molecule has 6 atom stereocenters. The maximum absolute atomic E-state index is 15.1. The fraction of sp³-hybridized carbons (Fsp3) is 0.295. The van der Waals surface area contributed by atoms with Crippen LogP contribution in [-0.2, 0) is 32.8 Å². The molecule has 2 aliphatic carbocycles. The smallest absolute Gasteiger partial charge is 0.242 e. The van der Waals surface area contributed by atoms with Gasteiger partial charge in [-0.05, 0) is 85.0 Å². The first-order valence-corrected chi connectivity index (χ1v) is 19.9. The number of halogens is 1. The Balaban J connectivity index is 1.12. The summed E-state index contributed by atoms with van der Waals surface area (Å²) in [4.78, 5) is 61.7. The topological polar surface area (TPSA) is 122 Å². The molecule has 284 valence electrons. The number of thiophene rings is 1. The Hall–Kier alpha value is -5.52. The normalized spacial score (nSPS) is 25.9. The second-order valence-electron chi connectivity index (χ2n) is 15.5. The largest absolute Gasteiger partial charge is 0.504 e. The molecule has 6 unspecified atom stereocenters. The van der Waals surface area contributed by atoms with Crippen LogP contribution >= 0.6 is 22.9 Å². The van der Waals surface area contributed by atoms with Gasteiger partial charge in [0.05, 0.1) is 41.7 Å². The van der Waals surface area contributed by atoms with Gasteiger partial charge in [0.25, 0.3) is 0 Å². The van der Waals surface area contributed by atoms with E-state index < -0.39 is 35.0 Å². The molecule has 1 N–H and O–H groups in total. The van der Waals surface area contributed by atoms with Crippen molar-refractivity contribution in [2.45, 2.75) is 33.2 Å². The number of phenolic OH excluding ortho intramolecular Hbond substituents is 1. The number of carbonyl (C=O) groups excluding carboxylic acids is 4. The number of likely N-dealkylation sites (tertiary alicyclic amines) is 1. The van der Waals surface area contributed by atoms with Crippen LogP contribution in [0.2, 0.25) is 5.02 Å². The molecule has 9 rings (SSSR count). The molecule has 2 aromatic heterocycles. The number of methoxy groups -OCH3 is 1. The third-order valence-electron chi connectivity index (χ3n) is 12.5. The third-order valence-corrected chi connectivity index (χ3v) is 14.1. The van der Waals surface area contributed by atoms with Crippen molar-refractivity contribution in [1.29, 1.82) is 0 Å². The molecule has 4 aliphatic rings. The predicted molar refractivity (Wildman–Crippen MR) is 215 cm³/mol. The molecule has 0 bridgehead atoms. The van der Waals surface area contributed by atoms with Gasteiger partial charge in [-0.1, -0.05) is 71.8 Å². The number of aromatic hydroxyl groups is 1. The maximum atomic E-state index is 15.1. The number of anilines is 1. The molecular weight excluding hydrogens is 748 g/mol. The van der Waals surface area contributed by atoms with Crippen LogP contribution in [0.1, 0.15) is 36.5 Å². The highest BCUT2D eigenvalue weighted by Gasteiger charge is 2.67. The van der Waals surface area contributed by atoms with Crippen LogP contribution in [-0.4, -0.2) is 50.5 Å². The van der Waals surface area contributed by atoms with Crippen molar-refractivity contribution in [2.24, 2.45) is 42.1 Å². The number of benzene rings is 3. The number of carbonyl (C=O) groups is 4. The van der Waals surface area contributed by atoms with Gasteiger partial charge in [-0.2, -0.15) is 5.10 Å². The zero-order chi connectivity index (χ0) is 39.2. The van der Waals surface area contributed by atoms with Crippen LogP contribution in [0.15, 0.2) is 90.5 Å². The van der Waals surface area contributed by atoms with Crippen molar-refractivity contribution in [3.8, 4) is 22.1 Å². The van der Waals surface area contributed by atoms with E-state index in [1.807, 2.05) is 80.6 Å². The van der Waals surface area contributed by atoms with E-state index in [0.717, 1.165) is 37.2 Å². The average molecular weight is 787 g/mol. The van der Waals surface area contributed by atoms with Crippen molar-refractivity contribution in [1.82, 2.24) is 14.7 Å². The van der Waals surface area contributed by atoms with E-state index in [4.69, 9.17) is 21.4 Å². The average Bonchev–Trinajstić information content (AvgIpc) is 3.86. The lowest BCUT2D eigenvalue weighted by atomic mass is 9.52. The fourth-order valence-electron chi connectivity index (χ4n) is 9.64. The van der Waals surface area contributed by atoms with Gasteiger partial charge in [0.1, 0.15) is 11.5 Å². The van der Waals surface area contributed by atoms with E-state index in [-0.39, 0.29) is 42.3 Å². The quantitative estimate of drug-likeness (QED) is 0.131. The minimum Gasteiger partial charge on any atom is -0.504 e. The first kappa shape index (κ1) is 36.1. The number of fused-ring (bicyclic) bond motifs is 5. The van der Waals surface area contributed by atoms with Crippen molar-refractivity contribution < 1.29 is 29.0 Å². The summed E-state index contributed by atoms with van der Waals surface area (Å²) in [5.74, 6) is -3.46. The molecule has 2 aliphatic heterocycles. The van der Waals surface area contributed by atoms with Gasteiger partial charge in [0.15, 0.2) is 11.5 Å². The summed E-state index contributed by atoms with van der Waals surface area (Å²) in [6.45, 7) is 4.05. The minimum atomic E-state index is -1.21. The van der Waals surface area contributed by atoms with E-state index in [9.17, 15) is 19.5 Å². The maximum Gasteiger partial charge on any atom is 0.242 e. The van der Waals surface area contributed by atoms with E-state index in [0.29, 0.717) is 28.7 Å². The molecule has 12 heteroatoms. The molecule has 0 radical (unpaired) electrons. The summed E-state index contributed by atoms with van der Waals surface area (Å²) in [5.41, 5.74) is 2.91. The van der Waals surface area contributed by atoms with Crippen molar-refractivity contribution in [3.05, 3.63) is 112 Å². The van der Waals surface area contributed by atoms with Gasteiger partial charge in [-0.15, -0.1) is 11.3 Å². The number of nitrogens with zero attached hydrogens (tertiary/aromatic N) is 4. The Morgan fingerprint density at radius 3 is 2.55 bits per heavy atom. The van der Waals surface area contributed by atoms with Crippen LogP contribution in [0.5, 0.6) is 11.5 Å². The van der Waals surface area contributed by atoms with Gasteiger partial charge >= 0.3 is 0 Å². The van der Waals surface area contributed by atoms with Gasteiger partial charge < -0.3 is 9.84 Å². The number of allylic oxidation sites excluding steroid dienone is 3. The molecule has 56 heavy (non-hydrogen) atoms.